The zero-order valence-electron chi connectivity index (χ0n) is 16.7. The topological polar surface area (TPSA) is 57.2 Å². The van der Waals surface area contributed by atoms with Gasteiger partial charge in [-0.15, -0.1) is 0 Å². The Balaban J connectivity index is 1.27. The second-order valence-electron chi connectivity index (χ2n) is 7.92. The van der Waals surface area contributed by atoms with Gasteiger partial charge in [0.1, 0.15) is 38.9 Å². The van der Waals surface area contributed by atoms with Crippen molar-refractivity contribution >= 4 is 0 Å². The van der Waals surface area contributed by atoms with Gasteiger partial charge < -0.3 is 28.5 Å². The predicted octanol–water partition coefficient (Wildman–Crippen LogP) is 2.25. The number of nitrogens with zero attached hydrogens (tertiary/aromatic N) is 1. The summed E-state index contributed by atoms with van der Waals surface area (Å²) in [6.45, 7) is 5.97. The van der Waals surface area contributed by atoms with Gasteiger partial charge in [0, 0.05) is 5.56 Å². The van der Waals surface area contributed by atoms with Gasteiger partial charge in [-0.3, -0.25) is 0 Å². The lowest BCUT2D eigenvalue weighted by molar-refractivity contribution is -0.950. The number of hydrogen-bond acceptors (Lipinski definition) is 5. The van der Waals surface area contributed by atoms with Crippen LogP contribution in [0.1, 0.15) is 5.56 Å². The van der Waals surface area contributed by atoms with Crippen molar-refractivity contribution in [2.24, 2.45) is 0 Å². The summed E-state index contributed by atoms with van der Waals surface area (Å²) < 4.78 is 23.8. The number of quaternary nitrogens is 1. The number of aliphatic hydroxyl groups is 1. The zero-order valence-corrected chi connectivity index (χ0v) is 16.7. The molecular weight excluding hydrogens is 370 g/mol. The molecule has 29 heavy (non-hydrogen) atoms. The van der Waals surface area contributed by atoms with Crippen molar-refractivity contribution < 1.29 is 28.5 Å². The van der Waals surface area contributed by atoms with Crippen molar-refractivity contribution in [1.29, 1.82) is 0 Å². The molecule has 0 aromatic heterocycles. The summed E-state index contributed by atoms with van der Waals surface area (Å²) in [6, 6.07) is 18.1. The molecule has 6 nitrogen and oxygen atoms in total. The van der Waals surface area contributed by atoms with E-state index in [1.165, 1.54) is 5.56 Å². The fraction of sp³-hybridized carbons (Fsp3) is 0.478. The van der Waals surface area contributed by atoms with Gasteiger partial charge in [-0.05, 0) is 12.1 Å². The lowest BCUT2D eigenvalue weighted by Crippen LogP contribution is -2.58. The molecule has 2 atom stereocenters. The number of ether oxygens (including phenoxy) is 4. The molecule has 4 rings (SSSR count). The van der Waals surface area contributed by atoms with E-state index < -0.39 is 6.10 Å². The molecule has 6 heteroatoms. The number of benzene rings is 2. The molecular formula is C23H30NO5+. The minimum absolute atomic E-state index is 0.159. The van der Waals surface area contributed by atoms with Crippen LogP contribution in [0.15, 0.2) is 54.6 Å². The minimum atomic E-state index is -0.534. The highest BCUT2D eigenvalue weighted by Crippen LogP contribution is 2.30. The summed E-state index contributed by atoms with van der Waals surface area (Å²) in [6.07, 6.45) is -0.693. The van der Waals surface area contributed by atoms with E-state index in [1.54, 1.807) is 0 Å². The van der Waals surface area contributed by atoms with E-state index in [4.69, 9.17) is 18.9 Å². The third kappa shape index (κ3) is 5.48. The molecule has 0 bridgehead atoms. The Morgan fingerprint density at radius 2 is 1.72 bits per heavy atom. The number of para-hydroxylation sites is 2. The Kier molecular flexibility index (Phi) is 6.67. The average Bonchev–Trinajstić information content (AvgIpc) is 2.75. The van der Waals surface area contributed by atoms with Crippen molar-refractivity contribution in [3.63, 3.8) is 0 Å². The molecule has 156 valence electrons. The molecule has 2 aromatic carbocycles. The summed E-state index contributed by atoms with van der Waals surface area (Å²) in [5, 5.41) is 10.7. The lowest BCUT2D eigenvalue weighted by atomic mass is 10.1. The van der Waals surface area contributed by atoms with Crippen LogP contribution in [-0.2, 0) is 16.0 Å². The van der Waals surface area contributed by atoms with E-state index >= 15 is 0 Å². The predicted molar refractivity (Wildman–Crippen MR) is 109 cm³/mol. The van der Waals surface area contributed by atoms with Gasteiger partial charge in [-0.1, -0.05) is 42.5 Å². The van der Waals surface area contributed by atoms with Crippen molar-refractivity contribution in [3.8, 4) is 11.5 Å². The van der Waals surface area contributed by atoms with Crippen LogP contribution in [0.5, 0.6) is 11.5 Å². The van der Waals surface area contributed by atoms with E-state index in [2.05, 4.69) is 24.3 Å². The number of rotatable bonds is 8. The monoisotopic (exact) mass is 400 g/mol. The maximum atomic E-state index is 10.7. The highest BCUT2D eigenvalue weighted by molar-refractivity contribution is 5.40. The fourth-order valence-electron chi connectivity index (χ4n) is 4.09. The van der Waals surface area contributed by atoms with Gasteiger partial charge in [0.15, 0.2) is 17.6 Å². The SMILES string of the molecule is O[C@@H](COC[C@@H]1COc2ccccc2O1)C[N+]1(Cc2ccccc2)CCOCC1. The minimum Gasteiger partial charge on any atom is -0.486 e. The quantitative estimate of drug-likeness (QED) is 0.689. The molecule has 0 radical (unpaired) electrons. The van der Waals surface area contributed by atoms with Crippen molar-refractivity contribution in [1.82, 2.24) is 0 Å². The van der Waals surface area contributed by atoms with Crippen LogP contribution in [-0.4, -0.2) is 74.5 Å². The molecule has 1 saturated heterocycles. The Morgan fingerprint density at radius 1 is 1.00 bits per heavy atom. The molecule has 0 unspecified atom stereocenters. The molecule has 0 saturated carbocycles. The van der Waals surface area contributed by atoms with E-state index in [0.29, 0.717) is 19.8 Å². The molecule has 2 aliphatic rings. The Bertz CT molecular complexity index is 763. The van der Waals surface area contributed by atoms with Crippen molar-refractivity contribution in [3.05, 3.63) is 60.2 Å². The van der Waals surface area contributed by atoms with Crippen LogP contribution in [0.25, 0.3) is 0 Å². The van der Waals surface area contributed by atoms with Gasteiger partial charge in [-0.25, -0.2) is 0 Å². The van der Waals surface area contributed by atoms with Gasteiger partial charge in [0.25, 0.3) is 0 Å². The van der Waals surface area contributed by atoms with E-state index in [0.717, 1.165) is 48.8 Å². The molecule has 1 N–H and O–H groups in total. The van der Waals surface area contributed by atoms with Crippen LogP contribution < -0.4 is 9.47 Å². The van der Waals surface area contributed by atoms with Gasteiger partial charge in [0.05, 0.1) is 26.4 Å². The standard InChI is InChI=1S/C23H30NO5/c25-20(16-27-17-21-18-28-22-8-4-5-9-23(22)29-21)15-24(10-12-26-13-11-24)14-19-6-2-1-3-7-19/h1-9,20-21,25H,10-18H2/q+1/t20-,21-/m1/s1. The maximum Gasteiger partial charge on any atom is 0.161 e. The van der Waals surface area contributed by atoms with E-state index in [9.17, 15) is 5.11 Å². The van der Waals surface area contributed by atoms with Crippen molar-refractivity contribution in [2.45, 2.75) is 18.8 Å². The highest BCUT2D eigenvalue weighted by Gasteiger charge is 2.33. The molecule has 2 aromatic rings. The lowest BCUT2D eigenvalue weighted by Gasteiger charge is -2.42. The first kappa shape index (κ1) is 20.2. The highest BCUT2D eigenvalue weighted by atomic mass is 16.6. The van der Waals surface area contributed by atoms with Crippen LogP contribution >= 0.6 is 0 Å². The largest absolute Gasteiger partial charge is 0.486 e. The summed E-state index contributed by atoms with van der Waals surface area (Å²) >= 11 is 0. The second-order valence-corrected chi connectivity index (χ2v) is 7.92. The third-order valence-electron chi connectivity index (χ3n) is 5.56. The molecule has 0 aliphatic carbocycles. The van der Waals surface area contributed by atoms with Gasteiger partial charge in [-0.2, -0.15) is 0 Å². The Morgan fingerprint density at radius 3 is 2.52 bits per heavy atom. The first-order valence-corrected chi connectivity index (χ1v) is 10.3. The molecule has 2 heterocycles. The average molecular weight is 400 g/mol. The van der Waals surface area contributed by atoms with E-state index in [-0.39, 0.29) is 12.7 Å². The zero-order chi connectivity index (χ0) is 19.9. The summed E-state index contributed by atoms with van der Waals surface area (Å²) in [5.41, 5.74) is 1.29. The maximum absolute atomic E-state index is 10.7. The number of fused-ring (bicyclic) bond motifs is 1. The third-order valence-corrected chi connectivity index (χ3v) is 5.56. The van der Waals surface area contributed by atoms with Crippen molar-refractivity contribution in [2.75, 3.05) is 52.7 Å². The number of hydrogen-bond donors (Lipinski definition) is 1. The normalized spacial score (nSPS) is 21.5. The molecule has 2 aliphatic heterocycles. The van der Waals surface area contributed by atoms with Crippen LogP contribution in [0.4, 0.5) is 0 Å². The summed E-state index contributed by atoms with van der Waals surface area (Å²) in [7, 11) is 0. The van der Waals surface area contributed by atoms with Gasteiger partial charge in [0.2, 0.25) is 0 Å². The van der Waals surface area contributed by atoms with Crippen LogP contribution in [0, 0.1) is 0 Å². The Hall–Kier alpha value is -2.12. The number of aliphatic hydroxyl groups excluding tert-OH is 1. The summed E-state index contributed by atoms with van der Waals surface area (Å²) in [5.74, 6) is 1.51. The number of morpholine rings is 1. The van der Waals surface area contributed by atoms with E-state index in [1.807, 2.05) is 30.3 Å². The summed E-state index contributed by atoms with van der Waals surface area (Å²) in [4.78, 5) is 0. The van der Waals surface area contributed by atoms with Crippen LogP contribution in [0.2, 0.25) is 0 Å². The first-order valence-electron chi connectivity index (χ1n) is 10.3. The van der Waals surface area contributed by atoms with Crippen LogP contribution in [0.3, 0.4) is 0 Å². The first-order chi connectivity index (χ1) is 14.2. The Labute approximate surface area is 172 Å². The van der Waals surface area contributed by atoms with Gasteiger partial charge >= 0.3 is 0 Å². The second kappa shape index (κ2) is 9.59. The molecule has 1 fully saturated rings. The molecule has 0 amide bonds. The fourth-order valence-corrected chi connectivity index (χ4v) is 4.09. The smallest absolute Gasteiger partial charge is 0.161 e. The molecule has 0 spiro atoms.